The van der Waals surface area contributed by atoms with Gasteiger partial charge >= 0.3 is 11.9 Å². The molecule has 6 aliphatic carbocycles. The topological polar surface area (TPSA) is 180 Å². The Balaban J connectivity index is 1.16. The summed E-state index contributed by atoms with van der Waals surface area (Å²) in [5.41, 5.74) is -3.42. The number of carbonyl (C=O) groups is 2. The molecule has 11 rings (SSSR count). The van der Waals surface area contributed by atoms with Crippen molar-refractivity contribution in [3.05, 3.63) is 105 Å². The lowest BCUT2D eigenvalue weighted by Crippen LogP contribution is -2.62. The molecule has 4 heterocycles. The highest BCUT2D eigenvalue weighted by atomic mass is 16.5. The van der Waals surface area contributed by atoms with Crippen LogP contribution in [-0.2, 0) is 20.7 Å². The smallest absolute Gasteiger partial charge is 0.336 e. The summed E-state index contributed by atoms with van der Waals surface area (Å²) in [7, 11) is 4.20. The highest BCUT2D eigenvalue weighted by molar-refractivity contribution is 6.03. The van der Waals surface area contributed by atoms with Crippen molar-refractivity contribution in [1.82, 2.24) is 9.80 Å². The minimum atomic E-state index is -2.23. The van der Waals surface area contributed by atoms with Crippen molar-refractivity contribution in [3.63, 3.8) is 0 Å². The number of aliphatic hydroxyl groups excluding tert-OH is 2. The maximum atomic E-state index is 13.5. The first-order valence-corrected chi connectivity index (χ1v) is 19.2. The zero-order chi connectivity index (χ0) is 37.4. The third-order valence-corrected chi connectivity index (χ3v) is 15.5. The molecular formula is C42H44N2O10. The summed E-state index contributed by atoms with van der Waals surface area (Å²) in [6.45, 7) is 1.49. The molecule has 2 spiro atoms. The first kappa shape index (κ1) is 33.3. The van der Waals surface area contributed by atoms with Gasteiger partial charge in [-0.15, -0.1) is 0 Å². The zero-order valence-electron chi connectivity index (χ0n) is 30.1. The third kappa shape index (κ3) is 3.62. The number of hydrogen-bond acceptors (Lipinski definition) is 10. The van der Waals surface area contributed by atoms with Gasteiger partial charge in [-0.25, -0.2) is 9.59 Å². The molecule has 12 atom stereocenters. The highest BCUT2D eigenvalue weighted by Crippen LogP contribution is 2.70. The van der Waals surface area contributed by atoms with E-state index in [-0.39, 0.29) is 59.4 Å². The molecule has 10 aliphatic rings. The Kier molecular flexibility index (Phi) is 6.43. The van der Waals surface area contributed by atoms with Crippen molar-refractivity contribution in [3.8, 4) is 0 Å². The number of carboxylic acids is 2. The number of nitrogens with zero attached hydrogens (tertiary/aromatic N) is 2. The van der Waals surface area contributed by atoms with Crippen molar-refractivity contribution in [2.75, 3.05) is 27.2 Å². The Morgan fingerprint density at radius 3 is 1.72 bits per heavy atom. The first-order valence-electron chi connectivity index (χ1n) is 19.2. The van der Waals surface area contributed by atoms with Gasteiger partial charge in [0.1, 0.15) is 35.9 Å². The summed E-state index contributed by atoms with van der Waals surface area (Å²) in [6, 6.07) is 2.91. The Labute approximate surface area is 311 Å². The lowest BCUT2D eigenvalue weighted by molar-refractivity contribution is -0.106. The number of piperidine rings is 2. The van der Waals surface area contributed by atoms with E-state index in [0.29, 0.717) is 25.7 Å². The lowest BCUT2D eigenvalue weighted by Gasteiger charge is -2.58. The van der Waals surface area contributed by atoms with Gasteiger partial charge in [-0.05, 0) is 75.6 Å². The van der Waals surface area contributed by atoms with E-state index in [1.165, 1.54) is 12.1 Å². The fraction of sp³-hybridized carbons (Fsp3) is 0.524. The quantitative estimate of drug-likeness (QED) is 0.250. The van der Waals surface area contributed by atoms with Crippen LogP contribution in [0.15, 0.2) is 82.4 Å². The number of aliphatic hydroxyl groups is 4. The van der Waals surface area contributed by atoms with Gasteiger partial charge in [-0.3, -0.25) is 0 Å². The van der Waals surface area contributed by atoms with Crippen molar-refractivity contribution in [2.45, 2.75) is 86.2 Å². The fourth-order valence-corrected chi connectivity index (χ4v) is 13.2. The number of benzene rings is 1. The monoisotopic (exact) mass is 736 g/mol. The van der Waals surface area contributed by atoms with Gasteiger partial charge in [0, 0.05) is 64.3 Å². The zero-order valence-corrected chi connectivity index (χ0v) is 30.1. The molecule has 282 valence electrons. The van der Waals surface area contributed by atoms with Crippen LogP contribution in [-0.4, -0.2) is 116 Å². The number of likely N-dealkylation sites (tertiary alicyclic amines) is 2. The van der Waals surface area contributed by atoms with Crippen LogP contribution in [0.4, 0.5) is 0 Å². The Bertz CT molecular complexity index is 2180. The van der Waals surface area contributed by atoms with Crippen molar-refractivity contribution in [1.29, 1.82) is 0 Å². The van der Waals surface area contributed by atoms with Crippen LogP contribution in [0.3, 0.4) is 0 Å². The van der Waals surface area contributed by atoms with Gasteiger partial charge in [-0.2, -0.15) is 0 Å². The van der Waals surface area contributed by atoms with Gasteiger partial charge in [0.05, 0.1) is 11.1 Å². The van der Waals surface area contributed by atoms with E-state index in [2.05, 4.69) is 36.0 Å². The van der Waals surface area contributed by atoms with Crippen LogP contribution in [0.25, 0.3) is 0 Å². The summed E-state index contributed by atoms with van der Waals surface area (Å²) in [5.74, 6) is -2.75. The molecule has 1 aromatic carbocycles. The molecule has 1 aromatic rings. The van der Waals surface area contributed by atoms with Crippen LogP contribution >= 0.6 is 0 Å². The molecule has 2 saturated carbocycles. The summed E-state index contributed by atoms with van der Waals surface area (Å²) in [4.78, 5) is 31.0. The van der Waals surface area contributed by atoms with Crippen LogP contribution < -0.4 is 0 Å². The molecule has 2 unspecified atom stereocenters. The second-order valence-corrected chi connectivity index (χ2v) is 17.5. The van der Waals surface area contributed by atoms with Gasteiger partial charge in [0.15, 0.2) is 11.2 Å². The second kappa shape index (κ2) is 10.4. The van der Waals surface area contributed by atoms with E-state index in [0.717, 1.165) is 35.4 Å². The maximum absolute atomic E-state index is 13.5. The van der Waals surface area contributed by atoms with E-state index in [1.54, 1.807) is 12.2 Å². The van der Waals surface area contributed by atoms with Crippen molar-refractivity contribution in [2.24, 2.45) is 22.7 Å². The van der Waals surface area contributed by atoms with E-state index in [4.69, 9.17) is 9.47 Å². The third-order valence-electron chi connectivity index (χ3n) is 15.5. The molecule has 54 heavy (non-hydrogen) atoms. The largest absolute Gasteiger partial charge is 0.487 e. The summed E-state index contributed by atoms with van der Waals surface area (Å²) in [6.07, 6.45) is 10.7. The second-order valence-electron chi connectivity index (χ2n) is 17.5. The normalized spacial score (nSPS) is 44.9. The number of carboxylic acid groups (broad SMARTS) is 2. The average Bonchev–Trinajstić information content (AvgIpc) is 3.70. The molecule has 2 saturated heterocycles. The van der Waals surface area contributed by atoms with Crippen molar-refractivity contribution >= 4 is 11.9 Å². The number of aromatic carboxylic acids is 2. The van der Waals surface area contributed by atoms with Crippen LogP contribution in [0, 0.1) is 22.7 Å². The highest BCUT2D eigenvalue weighted by Gasteiger charge is 2.70. The molecule has 4 fully saturated rings. The SMILES string of the molecule is CN1CC[C@]23C4=C5O[C@H]2[C@@H](O)C=C[C@H]3[C@H]1CC4=CCC5(O)c1ccc(C(=O)O)c(C(=O)O)c1C1(O)CC=C2C[C@@H]3[C@@H]4C=C[C@H](O)[C@@H]5OC1=C2[C@]45CCN3C. The maximum Gasteiger partial charge on any atom is 0.336 e. The molecule has 12 nitrogen and oxygen atoms in total. The number of ether oxygens (including phenoxy) is 2. The summed E-state index contributed by atoms with van der Waals surface area (Å²) in [5, 5.41) is 71.0. The lowest BCUT2D eigenvalue weighted by atomic mass is 9.50. The minimum Gasteiger partial charge on any atom is -0.487 e. The number of hydrogen-bond donors (Lipinski definition) is 6. The minimum absolute atomic E-state index is 0.00488. The summed E-state index contributed by atoms with van der Waals surface area (Å²) >= 11 is 0. The molecule has 12 heteroatoms. The summed E-state index contributed by atoms with van der Waals surface area (Å²) < 4.78 is 13.6. The predicted octanol–water partition coefficient (Wildman–Crippen LogP) is 2.71. The van der Waals surface area contributed by atoms with Crippen LogP contribution in [0.2, 0.25) is 0 Å². The standard InChI is InChI=1S/C42H44N2O10/c1-43-15-13-39-22-5-7-27(45)33(39)53-35-30(39)19(17-25(22)43)9-11-41(35,51)24-4-3-21(37(47)48)29(38(49)50)32(24)42(52)12-10-20-18-26-23-6-8-28(46)34-40(23,14-16-44(26)2)31(20)36(42)54-34/h3-10,22-23,25-28,33-34,45-46,51-52H,11-18H2,1-2H3,(H,47,48)(H,49,50)/t22-,23-,25+,26+,27-,28-,33-,34-,39-,40-,41?,42?/m0/s1. The van der Waals surface area contributed by atoms with Gasteiger partial charge in [0.25, 0.3) is 0 Å². The molecule has 4 bridgehead atoms. The van der Waals surface area contributed by atoms with Gasteiger partial charge < -0.3 is 49.9 Å². The Morgan fingerprint density at radius 1 is 0.722 bits per heavy atom. The Morgan fingerprint density at radius 2 is 1.22 bits per heavy atom. The molecule has 6 N–H and O–H groups in total. The molecule has 0 aromatic heterocycles. The van der Waals surface area contributed by atoms with E-state index in [9.17, 15) is 40.2 Å². The number of rotatable bonds is 4. The molecule has 0 amide bonds. The Hall–Kier alpha value is -4.04. The van der Waals surface area contributed by atoms with Crippen LogP contribution in [0.1, 0.15) is 70.4 Å². The van der Waals surface area contributed by atoms with Gasteiger partial charge in [-0.1, -0.05) is 42.5 Å². The predicted molar refractivity (Wildman–Crippen MR) is 191 cm³/mol. The molecule has 0 radical (unpaired) electrons. The first-order chi connectivity index (χ1) is 25.8. The average molecular weight is 737 g/mol. The van der Waals surface area contributed by atoms with Crippen molar-refractivity contribution < 1.29 is 49.7 Å². The van der Waals surface area contributed by atoms with Gasteiger partial charge in [0.2, 0.25) is 0 Å². The van der Waals surface area contributed by atoms with E-state index in [1.807, 2.05) is 12.2 Å². The van der Waals surface area contributed by atoms with E-state index >= 15 is 0 Å². The van der Waals surface area contributed by atoms with E-state index < -0.39 is 69.5 Å². The fourth-order valence-electron chi connectivity index (χ4n) is 13.2. The van der Waals surface area contributed by atoms with Crippen LogP contribution in [0.5, 0.6) is 0 Å². The molecule has 4 aliphatic heterocycles. The molecular weight excluding hydrogens is 692 g/mol.